The average Bonchev–Trinajstić information content (AvgIpc) is 1.98. The predicted octanol–water partition coefficient (Wildman–Crippen LogP) is 0.492. The molecule has 1 radical (unpaired) electrons. The van der Waals surface area contributed by atoms with E-state index in [0.717, 1.165) is 6.42 Å². The molecule has 0 aliphatic rings. The molecule has 0 aromatic carbocycles. The summed E-state index contributed by atoms with van der Waals surface area (Å²) >= 11 is 0. The molecule has 69 valence electrons. The smallest absolute Gasteiger partial charge is 0.238 e. The largest absolute Gasteiger partial charge is 0.356 e. The highest BCUT2D eigenvalue weighted by molar-refractivity contribution is 5.76. The van der Waals surface area contributed by atoms with Crippen LogP contribution in [0, 0.1) is 0 Å². The first-order valence-electron chi connectivity index (χ1n) is 4.18. The Kier molecular flexibility index (Phi) is 6.05. The van der Waals surface area contributed by atoms with Gasteiger partial charge in [-0.15, -0.1) is 0 Å². The molecule has 0 saturated heterocycles. The predicted molar refractivity (Wildman–Crippen MR) is 45.3 cm³/mol. The van der Waals surface area contributed by atoms with Crippen LogP contribution in [0.3, 0.4) is 0 Å². The van der Waals surface area contributed by atoms with Crippen LogP contribution in [0.5, 0.6) is 0 Å². The van der Waals surface area contributed by atoms with E-state index in [9.17, 15) is 9.59 Å². The van der Waals surface area contributed by atoms with Gasteiger partial charge >= 0.3 is 0 Å². The Morgan fingerprint density at radius 2 is 2.00 bits per heavy atom. The molecular formula is C8H15N2O2. The maximum absolute atomic E-state index is 10.8. The maximum Gasteiger partial charge on any atom is 0.238 e. The van der Waals surface area contributed by atoms with E-state index in [1.54, 1.807) is 0 Å². The zero-order valence-corrected chi connectivity index (χ0v) is 7.35. The highest BCUT2D eigenvalue weighted by Gasteiger charge is 1.98. The number of nitrogens with one attached hydrogen (secondary N) is 2. The van der Waals surface area contributed by atoms with Crippen molar-refractivity contribution in [3.05, 3.63) is 0 Å². The Morgan fingerprint density at radius 3 is 2.50 bits per heavy atom. The zero-order chi connectivity index (χ0) is 9.40. The molecule has 12 heavy (non-hydrogen) atoms. The molecule has 0 heterocycles. The number of hydrogen-bond donors (Lipinski definition) is 1. The van der Waals surface area contributed by atoms with E-state index in [0.29, 0.717) is 19.4 Å². The Bertz CT molecular complexity index is 157. The van der Waals surface area contributed by atoms with Gasteiger partial charge in [0.25, 0.3) is 0 Å². The highest BCUT2D eigenvalue weighted by Crippen LogP contribution is 1.88. The third kappa shape index (κ3) is 7.05. The van der Waals surface area contributed by atoms with Gasteiger partial charge in [0, 0.05) is 19.4 Å². The van der Waals surface area contributed by atoms with Crippen molar-refractivity contribution in [3.63, 3.8) is 0 Å². The summed E-state index contributed by atoms with van der Waals surface area (Å²) < 4.78 is 0. The maximum atomic E-state index is 10.8. The van der Waals surface area contributed by atoms with E-state index in [1.807, 2.05) is 6.92 Å². The molecule has 0 unspecified atom stereocenters. The van der Waals surface area contributed by atoms with E-state index in [1.165, 1.54) is 0 Å². The first-order valence-corrected chi connectivity index (χ1v) is 4.18. The minimum Gasteiger partial charge on any atom is -0.356 e. The normalized spacial score (nSPS) is 9.42. The minimum absolute atomic E-state index is 0.0231. The molecule has 4 heteroatoms. The van der Waals surface area contributed by atoms with Gasteiger partial charge in [0.15, 0.2) is 0 Å². The van der Waals surface area contributed by atoms with Crippen LogP contribution in [-0.2, 0) is 9.59 Å². The summed E-state index contributed by atoms with van der Waals surface area (Å²) in [6.07, 6.45) is 2.17. The Hall–Kier alpha value is -1.06. The Labute approximate surface area is 72.5 Å². The SMILES string of the molecule is CCCC(=O)NCCCC([NH])=O. The van der Waals surface area contributed by atoms with Crippen LogP contribution in [0.4, 0.5) is 0 Å². The molecule has 4 nitrogen and oxygen atoms in total. The first kappa shape index (κ1) is 10.9. The summed E-state index contributed by atoms with van der Waals surface area (Å²) in [6, 6.07) is 0. The van der Waals surface area contributed by atoms with Crippen LogP contribution in [0.25, 0.3) is 0 Å². The molecule has 0 spiro atoms. The van der Waals surface area contributed by atoms with Crippen LogP contribution >= 0.6 is 0 Å². The summed E-state index contributed by atoms with van der Waals surface area (Å²) in [7, 11) is 0. The Morgan fingerprint density at radius 1 is 1.33 bits per heavy atom. The van der Waals surface area contributed by atoms with E-state index < -0.39 is 5.91 Å². The zero-order valence-electron chi connectivity index (χ0n) is 7.35. The third-order valence-electron chi connectivity index (χ3n) is 1.38. The van der Waals surface area contributed by atoms with Gasteiger partial charge in [-0.1, -0.05) is 6.92 Å². The van der Waals surface area contributed by atoms with E-state index in [-0.39, 0.29) is 12.3 Å². The first-order chi connectivity index (χ1) is 5.66. The summed E-state index contributed by atoms with van der Waals surface area (Å²) in [4.78, 5) is 21.0. The van der Waals surface area contributed by atoms with Gasteiger partial charge in [0.2, 0.25) is 11.8 Å². The monoisotopic (exact) mass is 171 g/mol. The number of carbonyl (C=O) groups excluding carboxylic acids is 2. The van der Waals surface area contributed by atoms with E-state index in [2.05, 4.69) is 5.32 Å². The standard InChI is InChI=1S/C8H15N2O2/c1-2-4-8(12)10-6-3-5-7(9)11/h9H,2-6H2,1H3,(H,10,12). The lowest BCUT2D eigenvalue weighted by molar-refractivity contribution is -0.122. The molecule has 0 fully saturated rings. The van der Waals surface area contributed by atoms with Gasteiger partial charge in [-0.2, -0.15) is 0 Å². The summed E-state index contributed by atoms with van der Waals surface area (Å²) in [5.74, 6) is -0.547. The van der Waals surface area contributed by atoms with Crippen LogP contribution in [-0.4, -0.2) is 18.4 Å². The number of hydrogen-bond acceptors (Lipinski definition) is 2. The lowest BCUT2D eigenvalue weighted by Crippen LogP contribution is -2.24. The number of amides is 2. The van der Waals surface area contributed by atoms with Crippen molar-refractivity contribution in [2.24, 2.45) is 0 Å². The van der Waals surface area contributed by atoms with E-state index in [4.69, 9.17) is 5.73 Å². The van der Waals surface area contributed by atoms with Crippen LogP contribution in [0.2, 0.25) is 0 Å². The molecule has 2 N–H and O–H groups in total. The van der Waals surface area contributed by atoms with E-state index >= 15 is 0 Å². The molecule has 0 saturated carbocycles. The number of rotatable bonds is 6. The van der Waals surface area contributed by atoms with Gasteiger partial charge in [-0.3, -0.25) is 15.3 Å². The van der Waals surface area contributed by atoms with Crippen molar-refractivity contribution in [3.8, 4) is 0 Å². The van der Waals surface area contributed by atoms with Crippen LogP contribution < -0.4 is 11.1 Å². The third-order valence-corrected chi connectivity index (χ3v) is 1.38. The topological polar surface area (TPSA) is 70.0 Å². The van der Waals surface area contributed by atoms with Gasteiger partial charge in [-0.25, -0.2) is 0 Å². The van der Waals surface area contributed by atoms with Crippen molar-refractivity contribution < 1.29 is 9.59 Å². The molecule has 2 amide bonds. The van der Waals surface area contributed by atoms with Crippen molar-refractivity contribution in [1.82, 2.24) is 11.1 Å². The summed E-state index contributed by atoms with van der Waals surface area (Å²) in [5, 5.41) is 2.66. The lowest BCUT2D eigenvalue weighted by Gasteiger charge is -2.01. The lowest BCUT2D eigenvalue weighted by atomic mass is 10.3. The molecule has 0 aliphatic carbocycles. The molecule has 0 aromatic heterocycles. The van der Waals surface area contributed by atoms with Crippen LogP contribution in [0.1, 0.15) is 32.6 Å². The minimum atomic E-state index is -0.570. The number of carbonyl (C=O) groups is 2. The average molecular weight is 171 g/mol. The fourth-order valence-electron chi connectivity index (χ4n) is 0.792. The van der Waals surface area contributed by atoms with Gasteiger partial charge in [0.1, 0.15) is 0 Å². The molecular weight excluding hydrogens is 156 g/mol. The molecule has 0 bridgehead atoms. The van der Waals surface area contributed by atoms with Crippen molar-refractivity contribution in [2.45, 2.75) is 32.6 Å². The van der Waals surface area contributed by atoms with Gasteiger partial charge in [0.05, 0.1) is 0 Å². The van der Waals surface area contributed by atoms with Gasteiger partial charge in [-0.05, 0) is 12.8 Å². The van der Waals surface area contributed by atoms with Crippen LogP contribution in [0.15, 0.2) is 0 Å². The summed E-state index contributed by atoms with van der Waals surface area (Å²) in [6.45, 7) is 2.44. The van der Waals surface area contributed by atoms with Crippen molar-refractivity contribution in [1.29, 1.82) is 0 Å². The molecule has 0 aliphatic heterocycles. The molecule has 0 aromatic rings. The van der Waals surface area contributed by atoms with Gasteiger partial charge < -0.3 is 5.32 Å². The fraction of sp³-hybridized carbons (Fsp3) is 0.750. The second-order valence-corrected chi connectivity index (χ2v) is 2.63. The van der Waals surface area contributed by atoms with Crippen molar-refractivity contribution in [2.75, 3.05) is 6.54 Å². The molecule has 0 rings (SSSR count). The summed E-state index contributed by atoms with van der Waals surface area (Å²) in [5.41, 5.74) is 6.59. The quantitative estimate of drug-likeness (QED) is 0.591. The fourth-order valence-corrected chi connectivity index (χ4v) is 0.792. The second kappa shape index (κ2) is 6.64. The molecule has 0 atom stereocenters. The Balaban J connectivity index is 3.19. The second-order valence-electron chi connectivity index (χ2n) is 2.63. The highest BCUT2D eigenvalue weighted by atomic mass is 16.2. The van der Waals surface area contributed by atoms with Crippen molar-refractivity contribution >= 4 is 11.8 Å².